The fourth-order valence-electron chi connectivity index (χ4n) is 5.33. The van der Waals surface area contributed by atoms with Crippen molar-refractivity contribution in [3.8, 4) is 10.4 Å². The summed E-state index contributed by atoms with van der Waals surface area (Å²) in [6, 6.07) is 19.1. The van der Waals surface area contributed by atoms with Crippen molar-refractivity contribution in [2.24, 2.45) is 5.92 Å². The Kier molecular flexibility index (Phi) is 9.29. The van der Waals surface area contributed by atoms with Crippen molar-refractivity contribution in [1.82, 2.24) is 9.62 Å². The number of nitrogens with one attached hydrogen (secondary N) is 1. The summed E-state index contributed by atoms with van der Waals surface area (Å²) in [5.41, 5.74) is 3.41. The van der Waals surface area contributed by atoms with Crippen LogP contribution >= 0.6 is 11.3 Å². The predicted molar refractivity (Wildman–Crippen MR) is 156 cm³/mol. The van der Waals surface area contributed by atoms with E-state index in [-0.39, 0.29) is 23.4 Å². The highest BCUT2D eigenvalue weighted by atomic mass is 32.2. The fourth-order valence-corrected chi connectivity index (χ4v) is 7.59. The smallest absolute Gasteiger partial charge is 0.303 e. The molecule has 0 unspecified atom stereocenters. The van der Waals surface area contributed by atoms with Crippen LogP contribution < -0.4 is 5.32 Å². The molecule has 39 heavy (non-hydrogen) atoms. The van der Waals surface area contributed by atoms with Crippen LogP contribution in [0.2, 0.25) is 0 Å². The molecule has 0 radical (unpaired) electrons. The van der Waals surface area contributed by atoms with E-state index in [2.05, 4.69) is 43.4 Å². The summed E-state index contributed by atoms with van der Waals surface area (Å²) < 4.78 is 27.8. The number of likely N-dealkylation sites (N-methyl/N-ethyl adjacent to an activating group) is 1. The van der Waals surface area contributed by atoms with Gasteiger partial charge in [-0.3, -0.25) is 4.79 Å². The molecule has 9 heteroatoms. The molecular formula is C30H38N2O5S2. The van der Waals surface area contributed by atoms with Gasteiger partial charge in [-0.05, 0) is 86.4 Å². The first-order chi connectivity index (χ1) is 18.4. The van der Waals surface area contributed by atoms with Gasteiger partial charge in [0.05, 0.1) is 17.4 Å². The molecule has 0 saturated carbocycles. The average molecular weight is 571 g/mol. The molecule has 0 amide bonds. The molecule has 0 bridgehead atoms. The number of fused-ring (bicyclic) bond motifs is 1. The molecule has 0 fully saturated rings. The molecule has 1 aromatic heterocycles. The number of carboxylic acid groups (broad SMARTS) is 1. The van der Waals surface area contributed by atoms with Crippen molar-refractivity contribution >= 4 is 27.3 Å². The normalized spacial score (nSPS) is 15.0. The molecule has 1 heterocycles. The number of β-amino-alcohol motifs (C(OH)–C–C–N with tert-alkyl or cyclic N) is 1. The number of hydrogen-bond donors (Lipinski definition) is 3. The minimum atomic E-state index is -3.81. The first-order valence-electron chi connectivity index (χ1n) is 13.3. The zero-order valence-corrected chi connectivity index (χ0v) is 24.4. The number of carbonyl (C=O) groups is 1. The quantitative estimate of drug-likeness (QED) is 0.278. The lowest BCUT2D eigenvalue weighted by Gasteiger charge is -2.31. The Morgan fingerprint density at radius 2 is 1.79 bits per heavy atom. The van der Waals surface area contributed by atoms with Gasteiger partial charge in [-0.25, -0.2) is 8.42 Å². The Bertz CT molecular complexity index is 1370. The first-order valence-corrected chi connectivity index (χ1v) is 15.6. The highest BCUT2D eigenvalue weighted by Gasteiger charge is 2.29. The van der Waals surface area contributed by atoms with E-state index in [0.29, 0.717) is 18.9 Å². The third-order valence-electron chi connectivity index (χ3n) is 7.29. The summed E-state index contributed by atoms with van der Waals surface area (Å²) in [5, 5.41) is 23.1. The van der Waals surface area contributed by atoms with Crippen LogP contribution in [-0.4, -0.2) is 60.7 Å². The van der Waals surface area contributed by atoms with Crippen LogP contribution in [0, 0.1) is 5.92 Å². The average Bonchev–Trinajstić information content (AvgIpc) is 3.52. The Labute approximate surface area is 235 Å². The van der Waals surface area contributed by atoms with E-state index in [0.717, 1.165) is 34.6 Å². The highest BCUT2D eigenvalue weighted by Crippen LogP contribution is 2.32. The second kappa shape index (κ2) is 12.3. The summed E-state index contributed by atoms with van der Waals surface area (Å²) >= 11 is 1.46. The molecule has 3 N–H and O–H groups in total. The summed E-state index contributed by atoms with van der Waals surface area (Å²) in [4.78, 5) is 12.8. The number of thiophene rings is 1. The maximum Gasteiger partial charge on any atom is 0.303 e. The molecule has 2 aromatic carbocycles. The van der Waals surface area contributed by atoms with Crippen LogP contribution in [0.5, 0.6) is 0 Å². The Morgan fingerprint density at radius 1 is 1.10 bits per heavy atom. The van der Waals surface area contributed by atoms with Gasteiger partial charge in [0, 0.05) is 35.4 Å². The molecule has 0 spiro atoms. The standard InChI is InChI=1S/C30H38N2O5S2/c1-30(2,18-21-15-22-7-4-5-8-23(22)16-21)31-19-25(33)20-32(3)39(36,37)27-10-6-9-24(17-27)28-13-11-26(38-28)12-14-29(34)35/h4-11,13,17,21,25,31,33H,12,14-16,18-20H2,1-3H3,(H,34,35)/t25-/m1/s1. The second-order valence-electron chi connectivity index (χ2n) is 11.1. The van der Waals surface area contributed by atoms with Gasteiger partial charge in [-0.2, -0.15) is 4.31 Å². The maximum atomic E-state index is 13.3. The van der Waals surface area contributed by atoms with E-state index in [9.17, 15) is 18.3 Å². The second-order valence-corrected chi connectivity index (χ2v) is 14.4. The molecule has 1 aliphatic rings. The van der Waals surface area contributed by atoms with Crippen molar-refractivity contribution in [2.45, 2.75) is 62.5 Å². The van der Waals surface area contributed by atoms with Crippen LogP contribution in [0.1, 0.15) is 42.7 Å². The molecule has 1 aliphatic carbocycles. The Morgan fingerprint density at radius 3 is 2.46 bits per heavy atom. The van der Waals surface area contributed by atoms with Crippen molar-refractivity contribution in [3.63, 3.8) is 0 Å². The van der Waals surface area contributed by atoms with E-state index in [1.165, 1.54) is 33.8 Å². The fraction of sp³-hybridized carbons (Fsp3) is 0.433. The number of hydrogen-bond acceptors (Lipinski definition) is 6. The van der Waals surface area contributed by atoms with Gasteiger partial charge in [0.2, 0.25) is 10.0 Å². The number of aliphatic hydroxyl groups excluding tert-OH is 1. The summed E-state index contributed by atoms with van der Waals surface area (Å²) in [6.07, 6.45) is 2.75. The molecule has 3 aromatic rings. The van der Waals surface area contributed by atoms with E-state index in [1.54, 1.807) is 18.2 Å². The van der Waals surface area contributed by atoms with Crippen molar-refractivity contribution in [2.75, 3.05) is 20.1 Å². The van der Waals surface area contributed by atoms with E-state index in [1.807, 2.05) is 18.2 Å². The van der Waals surface area contributed by atoms with E-state index >= 15 is 0 Å². The summed E-state index contributed by atoms with van der Waals surface area (Å²) in [7, 11) is -2.32. The monoisotopic (exact) mass is 570 g/mol. The Balaban J connectivity index is 1.32. The van der Waals surface area contributed by atoms with Gasteiger partial charge < -0.3 is 15.5 Å². The molecular weight excluding hydrogens is 532 g/mol. The number of aliphatic carboxylic acids is 1. The van der Waals surface area contributed by atoms with Gasteiger partial charge in [-0.15, -0.1) is 11.3 Å². The summed E-state index contributed by atoms with van der Waals surface area (Å²) in [6.45, 7) is 4.53. The molecule has 7 nitrogen and oxygen atoms in total. The van der Waals surface area contributed by atoms with Crippen molar-refractivity contribution in [1.29, 1.82) is 0 Å². The van der Waals surface area contributed by atoms with E-state index < -0.39 is 22.1 Å². The van der Waals surface area contributed by atoms with Crippen LogP contribution in [0.15, 0.2) is 65.6 Å². The van der Waals surface area contributed by atoms with Gasteiger partial charge >= 0.3 is 5.97 Å². The minimum absolute atomic E-state index is 0.0250. The SMILES string of the molecule is CN(C[C@H](O)CNC(C)(C)CC1Cc2ccccc2C1)S(=O)(=O)c1cccc(-c2ccc(CCC(=O)O)s2)c1. The van der Waals surface area contributed by atoms with Gasteiger partial charge in [0.1, 0.15) is 0 Å². The number of rotatable bonds is 13. The lowest BCUT2D eigenvalue weighted by atomic mass is 9.88. The number of aryl methyl sites for hydroxylation is 1. The zero-order valence-electron chi connectivity index (χ0n) is 22.8. The maximum absolute atomic E-state index is 13.3. The number of benzene rings is 2. The summed E-state index contributed by atoms with van der Waals surface area (Å²) in [5.74, 6) is -0.296. The van der Waals surface area contributed by atoms with Crippen LogP contribution in [0.25, 0.3) is 10.4 Å². The minimum Gasteiger partial charge on any atom is -0.481 e. The van der Waals surface area contributed by atoms with E-state index in [4.69, 9.17) is 5.11 Å². The molecule has 4 rings (SSSR count). The zero-order chi connectivity index (χ0) is 28.2. The van der Waals surface area contributed by atoms with Crippen LogP contribution in [-0.2, 0) is 34.1 Å². The Hall–Kier alpha value is -2.56. The molecule has 1 atom stereocenters. The largest absolute Gasteiger partial charge is 0.481 e. The van der Waals surface area contributed by atoms with Crippen LogP contribution in [0.3, 0.4) is 0 Å². The van der Waals surface area contributed by atoms with Crippen molar-refractivity contribution in [3.05, 3.63) is 76.7 Å². The lowest BCUT2D eigenvalue weighted by molar-refractivity contribution is -0.136. The number of sulfonamides is 1. The number of nitrogens with zero attached hydrogens (tertiary/aromatic N) is 1. The molecule has 210 valence electrons. The van der Waals surface area contributed by atoms with Gasteiger partial charge in [0.25, 0.3) is 0 Å². The molecule has 0 aliphatic heterocycles. The first kappa shape index (κ1) is 29.4. The topological polar surface area (TPSA) is 107 Å². The van der Waals surface area contributed by atoms with Crippen molar-refractivity contribution < 1.29 is 23.4 Å². The van der Waals surface area contributed by atoms with Gasteiger partial charge in [-0.1, -0.05) is 36.4 Å². The number of carboxylic acids is 1. The molecule has 0 saturated heterocycles. The number of aliphatic hydroxyl groups is 1. The predicted octanol–water partition coefficient (Wildman–Crippen LogP) is 4.59. The third kappa shape index (κ3) is 7.77. The van der Waals surface area contributed by atoms with Gasteiger partial charge in [0.15, 0.2) is 0 Å². The third-order valence-corrected chi connectivity index (χ3v) is 10.3. The van der Waals surface area contributed by atoms with Crippen LogP contribution in [0.4, 0.5) is 0 Å². The highest BCUT2D eigenvalue weighted by molar-refractivity contribution is 7.89. The lowest BCUT2D eigenvalue weighted by Crippen LogP contribution is -2.47.